The van der Waals surface area contributed by atoms with Gasteiger partial charge in [-0.1, -0.05) is 83.4 Å². The van der Waals surface area contributed by atoms with Gasteiger partial charge in [0, 0.05) is 23.3 Å². The number of hydrogen-bond acceptors (Lipinski definition) is 4. The largest absolute Gasteiger partial charge is 0.497 e. The van der Waals surface area contributed by atoms with Crippen molar-refractivity contribution in [3.63, 3.8) is 0 Å². The lowest BCUT2D eigenvalue weighted by molar-refractivity contribution is 0.275. The third-order valence-electron chi connectivity index (χ3n) is 6.26. The Balaban J connectivity index is 2.13. The predicted octanol–water partition coefficient (Wildman–Crippen LogP) is 6.41. The van der Waals surface area contributed by atoms with Crippen molar-refractivity contribution in [2.75, 3.05) is 21.3 Å². The van der Waals surface area contributed by atoms with Crippen LogP contribution in [-0.4, -0.2) is 21.3 Å². The summed E-state index contributed by atoms with van der Waals surface area (Å²) in [5.41, 5.74) is 3.64. The second kappa shape index (κ2) is 12.8. The zero-order valence-electron chi connectivity index (χ0n) is 21.1. The van der Waals surface area contributed by atoms with Crippen LogP contribution in [0.5, 0.6) is 17.2 Å². The number of hydrogen-bond donors (Lipinski definition) is 1. The van der Waals surface area contributed by atoms with E-state index in [1.165, 1.54) is 16.4 Å². The third kappa shape index (κ3) is 6.11. The highest BCUT2D eigenvalue weighted by atomic mass is 31.1. The molecule has 0 aromatic heterocycles. The van der Waals surface area contributed by atoms with Gasteiger partial charge in [0.1, 0.15) is 12.4 Å². The molecule has 2 unspecified atom stereocenters. The molecule has 3 aromatic carbocycles. The summed E-state index contributed by atoms with van der Waals surface area (Å²) in [5, 5.41) is 4.63. The van der Waals surface area contributed by atoms with E-state index in [0.29, 0.717) is 20.9 Å². The summed E-state index contributed by atoms with van der Waals surface area (Å²) in [7, 11) is 6.00. The summed E-state index contributed by atoms with van der Waals surface area (Å²) in [4.78, 5) is 0. The topological polar surface area (TPSA) is 39.7 Å². The van der Waals surface area contributed by atoms with Crippen LogP contribution in [0.2, 0.25) is 0 Å². The van der Waals surface area contributed by atoms with Crippen molar-refractivity contribution in [1.29, 1.82) is 0 Å². The van der Waals surface area contributed by atoms with E-state index >= 15 is 0 Å². The number of nitrogens with one attached hydrogen (secondary N) is 1. The molecule has 3 aromatic rings. The molecule has 0 radical (unpaired) electrons. The lowest BCUT2D eigenvalue weighted by Gasteiger charge is -2.36. The molecule has 0 amide bonds. The first-order chi connectivity index (χ1) is 16.6. The second-order valence-corrected chi connectivity index (χ2v) is 10.2. The number of methoxy groups -OCH3 is 2. The summed E-state index contributed by atoms with van der Waals surface area (Å²) in [6, 6.07) is 23.1. The molecular formula is C29H38NO3P. The Kier molecular flexibility index (Phi) is 9.80. The molecule has 1 N–H and O–H groups in total. The average Bonchev–Trinajstić information content (AvgIpc) is 2.88. The molecule has 0 spiro atoms. The molecule has 3 rings (SSSR count). The average molecular weight is 480 g/mol. The van der Waals surface area contributed by atoms with Gasteiger partial charge in [-0.3, -0.25) is 0 Å². The van der Waals surface area contributed by atoms with Crippen molar-refractivity contribution < 1.29 is 14.2 Å². The highest BCUT2D eigenvalue weighted by molar-refractivity contribution is 7.48. The van der Waals surface area contributed by atoms with Crippen LogP contribution in [0.25, 0.3) is 0 Å². The summed E-state index contributed by atoms with van der Waals surface area (Å²) in [6.07, 6.45) is 3.12. The van der Waals surface area contributed by atoms with Crippen molar-refractivity contribution >= 4 is 13.9 Å². The van der Waals surface area contributed by atoms with Crippen LogP contribution in [0.4, 0.5) is 0 Å². The molecule has 0 saturated carbocycles. The Bertz CT molecular complexity index is 1040. The SMILES string of the molecule is CCCC(CC)(Pc1ccccc1CNC)c1cc(OC)cc(OC)c1OCc1ccccc1. The van der Waals surface area contributed by atoms with Crippen molar-refractivity contribution in [1.82, 2.24) is 5.32 Å². The van der Waals surface area contributed by atoms with E-state index in [1.54, 1.807) is 14.2 Å². The highest BCUT2D eigenvalue weighted by Gasteiger charge is 2.35. The van der Waals surface area contributed by atoms with E-state index in [-0.39, 0.29) is 5.16 Å². The summed E-state index contributed by atoms with van der Waals surface area (Å²) in [5.74, 6) is 2.33. The molecule has 4 nitrogen and oxygen atoms in total. The van der Waals surface area contributed by atoms with E-state index in [0.717, 1.165) is 42.9 Å². The minimum atomic E-state index is -0.0908. The minimum absolute atomic E-state index is 0.0908. The van der Waals surface area contributed by atoms with Crippen LogP contribution in [0.15, 0.2) is 66.7 Å². The quantitative estimate of drug-likeness (QED) is 0.288. The molecule has 0 aliphatic heterocycles. The highest BCUT2D eigenvalue weighted by Crippen LogP contribution is 2.54. The lowest BCUT2D eigenvalue weighted by Crippen LogP contribution is -2.26. The zero-order valence-corrected chi connectivity index (χ0v) is 22.1. The first-order valence-electron chi connectivity index (χ1n) is 12.0. The molecule has 0 fully saturated rings. The summed E-state index contributed by atoms with van der Waals surface area (Å²) in [6.45, 7) is 5.89. The Labute approximate surface area is 206 Å². The monoisotopic (exact) mass is 479 g/mol. The van der Waals surface area contributed by atoms with Gasteiger partial charge < -0.3 is 19.5 Å². The molecule has 2 atom stereocenters. The maximum atomic E-state index is 6.53. The van der Waals surface area contributed by atoms with Crippen LogP contribution >= 0.6 is 8.58 Å². The van der Waals surface area contributed by atoms with E-state index in [1.807, 2.05) is 31.3 Å². The van der Waals surface area contributed by atoms with Crippen LogP contribution < -0.4 is 24.8 Å². The summed E-state index contributed by atoms with van der Waals surface area (Å²) < 4.78 is 18.1. The normalized spacial score (nSPS) is 13.1. The fraction of sp³-hybridized carbons (Fsp3) is 0.379. The Morgan fingerprint density at radius 1 is 0.912 bits per heavy atom. The van der Waals surface area contributed by atoms with E-state index in [9.17, 15) is 0 Å². The fourth-order valence-electron chi connectivity index (χ4n) is 4.47. The van der Waals surface area contributed by atoms with Crippen LogP contribution in [-0.2, 0) is 18.3 Å². The van der Waals surface area contributed by atoms with Crippen molar-refractivity contribution in [3.05, 3.63) is 83.4 Å². The maximum absolute atomic E-state index is 6.53. The Morgan fingerprint density at radius 3 is 2.29 bits per heavy atom. The molecule has 0 aliphatic carbocycles. The van der Waals surface area contributed by atoms with Gasteiger partial charge in [0.2, 0.25) is 0 Å². The van der Waals surface area contributed by atoms with E-state index in [4.69, 9.17) is 14.2 Å². The first-order valence-corrected chi connectivity index (χ1v) is 13.0. The number of ether oxygens (including phenoxy) is 3. The van der Waals surface area contributed by atoms with Gasteiger partial charge in [-0.05, 0) is 42.4 Å². The summed E-state index contributed by atoms with van der Waals surface area (Å²) >= 11 is 0. The van der Waals surface area contributed by atoms with Gasteiger partial charge in [-0.25, -0.2) is 0 Å². The van der Waals surface area contributed by atoms with Crippen LogP contribution in [0.1, 0.15) is 49.8 Å². The zero-order chi connectivity index (χ0) is 24.4. The smallest absolute Gasteiger partial charge is 0.166 e. The molecule has 0 heterocycles. The molecule has 0 bridgehead atoms. The van der Waals surface area contributed by atoms with Gasteiger partial charge in [-0.2, -0.15) is 0 Å². The fourth-order valence-corrected chi connectivity index (χ4v) is 6.37. The maximum Gasteiger partial charge on any atom is 0.166 e. The van der Waals surface area contributed by atoms with Crippen molar-refractivity contribution in [2.45, 2.75) is 51.4 Å². The number of rotatable bonds is 13. The Hall–Kier alpha value is -2.55. The van der Waals surface area contributed by atoms with Crippen molar-refractivity contribution in [3.8, 4) is 17.2 Å². The van der Waals surface area contributed by atoms with Crippen LogP contribution in [0.3, 0.4) is 0 Å². The van der Waals surface area contributed by atoms with Crippen LogP contribution in [0, 0.1) is 0 Å². The lowest BCUT2D eigenvalue weighted by atomic mass is 9.89. The third-order valence-corrected chi connectivity index (χ3v) is 8.37. The molecule has 34 heavy (non-hydrogen) atoms. The number of benzene rings is 3. The minimum Gasteiger partial charge on any atom is -0.497 e. The molecular weight excluding hydrogens is 441 g/mol. The standard InChI is InChI=1S/C29H38NO3P/c1-6-17-29(7-2,34-27-16-12-11-15-23(27)20-30-3)25-18-24(31-4)19-26(32-5)28(25)33-21-22-13-9-8-10-14-22/h8-16,18-19,30,34H,6-7,17,20-21H2,1-5H3. The van der Waals surface area contributed by atoms with Gasteiger partial charge in [-0.15, -0.1) is 0 Å². The predicted molar refractivity (Wildman–Crippen MR) is 144 cm³/mol. The van der Waals surface area contributed by atoms with E-state index in [2.05, 4.69) is 61.6 Å². The van der Waals surface area contributed by atoms with Crippen molar-refractivity contribution in [2.24, 2.45) is 0 Å². The molecule has 0 aliphatic rings. The first kappa shape index (κ1) is 26.1. The second-order valence-electron chi connectivity index (χ2n) is 8.48. The van der Waals surface area contributed by atoms with Gasteiger partial charge >= 0.3 is 0 Å². The molecule has 182 valence electrons. The van der Waals surface area contributed by atoms with Gasteiger partial charge in [0.25, 0.3) is 0 Å². The molecule has 5 heteroatoms. The van der Waals surface area contributed by atoms with Gasteiger partial charge in [0.05, 0.1) is 14.2 Å². The molecule has 0 saturated heterocycles. The van der Waals surface area contributed by atoms with E-state index < -0.39 is 0 Å². The van der Waals surface area contributed by atoms with Gasteiger partial charge in [0.15, 0.2) is 11.5 Å². The Morgan fingerprint density at radius 2 is 1.65 bits per heavy atom.